The van der Waals surface area contributed by atoms with Crippen molar-refractivity contribution in [2.45, 2.75) is 13.1 Å². The molecule has 0 radical (unpaired) electrons. The molecule has 1 aliphatic heterocycles. The van der Waals surface area contributed by atoms with Gasteiger partial charge in [-0.25, -0.2) is 4.39 Å². The van der Waals surface area contributed by atoms with Crippen LogP contribution in [0.5, 0.6) is 0 Å². The van der Waals surface area contributed by atoms with Crippen LogP contribution in [0.1, 0.15) is 0 Å². The molecule has 1 aromatic heterocycles. The van der Waals surface area contributed by atoms with E-state index in [0.717, 1.165) is 13.1 Å². The number of piperazine rings is 1. The zero-order valence-corrected chi connectivity index (χ0v) is 19.0. The van der Waals surface area contributed by atoms with Gasteiger partial charge in [0.25, 0.3) is 0 Å². The molecule has 0 spiro atoms. The smallest absolute Gasteiger partial charge is 0.317 e. The zero-order valence-electron chi connectivity index (χ0n) is 19.0. The summed E-state index contributed by atoms with van der Waals surface area (Å²) >= 11 is 0. The molecule has 0 saturated carbocycles. The van der Waals surface area contributed by atoms with Crippen molar-refractivity contribution < 1.29 is 9.18 Å². The Labute approximate surface area is 196 Å². The van der Waals surface area contributed by atoms with Crippen LogP contribution < -0.4 is 21.3 Å². The molecule has 1 amide bonds. The van der Waals surface area contributed by atoms with Gasteiger partial charge in [-0.15, -0.1) is 6.58 Å². The summed E-state index contributed by atoms with van der Waals surface area (Å²) in [5.41, 5.74) is 0.295. The van der Waals surface area contributed by atoms with Crippen LogP contribution in [-0.2, 0) is 17.9 Å². The highest BCUT2D eigenvalue weighted by Gasteiger charge is 2.19. The summed E-state index contributed by atoms with van der Waals surface area (Å²) in [5, 5.41) is 2.84. The number of amides is 1. The molecule has 1 aliphatic rings. The highest BCUT2D eigenvalue weighted by atomic mass is 19.1. The molecule has 0 aliphatic carbocycles. The second-order valence-corrected chi connectivity index (χ2v) is 8.21. The Kier molecular flexibility index (Phi) is 7.22. The van der Waals surface area contributed by atoms with E-state index < -0.39 is 11.1 Å². The van der Waals surface area contributed by atoms with Gasteiger partial charge < -0.3 is 10.2 Å². The van der Waals surface area contributed by atoms with Gasteiger partial charge in [-0.2, -0.15) is 0 Å². The van der Waals surface area contributed by atoms with E-state index in [0.29, 0.717) is 42.9 Å². The number of anilines is 1. The third kappa shape index (κ3) is 4.94. The fraction of sp³-hybridized carbons (Fsp3) is 0.320. The van der Waals surface area contributed by atoms with Crippen LogP contribution in [0.15, 0.2) is 70.8 Å². The molecule has 34 heavy (non-hydrogen) atoms. The number of hydrogen-bond acceptors (Lipinski definition) is 5. The molecule has 4 rings (SSSR count). The average molecular weight is 466 g/mol. The highest BCUT2D eigenvalue weighted by molar-refractivity contribution is 5.80. The Morgan fingerprint density at radius 1 is 0.941 bits per heavy atom. The van der Waals surface area contributed by atoms with E-state index in [2.05, 4.69) is 16.8 Å². The monoisotopic (exact) mass is 465 g/mol. The Morgan fingerprint density at radius 2 is 1.56 bits per heavy atom. The molecule has 8 nitrogen and oxygen atoms in total. The predicted octanol–water partition coefficient (Wildman–Crippen LogP) is 1.43. The zero-order chi connectivity index (χ0) is 24.1. The Balaban J connectivity index is 1.34. The van der Waals surface area contributed by atoms with Crippen molar-refractivity contribution in [2.75, 3.05) is 44.2 Å². The first kappa shape index (κ1) is 23.4. The average Bonchev–Trinajstić information content (AvgIpc) is 2.85. The lowest BCUT2D eigenvalue weighted by molar-refractivity contribution is -0.121. The van der Waals surface area contributed by atoms with Crippen LogP contribution in [0.25, 0.3) is 11.0 Å². The lowest BCUT2D eigenvalue weighted by atomic mass is 10.2. The minimum Gasteiger partial charge on any atom is -0.367 e. The van der Waals surface area contributed by atoms with E-state index in [1.165, 1.54) is 15.2 Å². The number of para-hydroxylation sites is 3. The van der Waals surface area contributed by atoms with E-state index in [-0.39, 0.29) is 24.8 Å². The van der Waals surface area contributed by atoms with Crippen LogP contribution in [0.2, 0.25) is 0 Å². The molecule has 9 heteroatoms. The number of benzene rings is 2. The van der Waals surface area contributed by atoms with Gasteiger partial charge in [-0.3, -0.25) is 28.4 Å². The van der Waals surface area contributed by atoms with Gasteiger partial charge in [0.1, 0.15) is 12.4 Å². The predicted molar refractivity (Wildman–Crippen MR) is 131 cm³/mol. The highest BCUT2D eigenvalue weighted by Crippen LogP contribution is 2.20. The number of aromatic nitrogens is 2. The summed E-state index contributed by atoms with van der Waals surface area (Å²) in [4.78, 5) is 42.1. The quantitative estimate of drug-likeness (QED) is 0.402. The largest absolute Gasteiger partial charge is 0.367 e. The SMILES string of the molecule is C=CCn1c(=O)c(=O)n(CC(=O)NCCN2CCN(c3ccccc3F)CC2)c2ccccc21. The van der Waals surface area contributed by atoms with Crippen molar-refractivity contribution in [3.8, 4) is 0 Å². The van der Waals surface area contributed by atoms with Gasteiger partial charge in [-0.1, -0.05) is 30.3 Å². The molecule has 2 aromatic carbocycles. The second kappa shape index (κ2) is 10.5. The molecule has 1 saturated heterocycles. The standard InChI is InChI=1S/C25H28FN5O3/c1-2-12-30-21-9-5-6-10-22(21)31(25(34)24(30)33)18-23(32)27-11-13-28-14-16-29(17-15-28)20-8-4-3-7-19(20)26/h2-10H,1,11-18H2,(H,27,32). The molecule has 0 atom stereocenters. The van der Waals surface area contributed by atoms with E-state index in [1.54, 1.807) is 42.5 Å². The van der Waals surface area contributed by atoms with Crippen molar-refractivity contribution in [3.05, 3.63) is 87.7 Å². The Morgan fingerprint density at radius 3 is 2.24 bits per heavy atom. The van der Waals surface area contributed by atoms with Crippen LogP contribution in [0.3, 0.4) is 0 Å². The van der Waals surface area contributed by atoms with Crippen LogP contribution >= 0.6 is 0 Å². The van der Waals surface area contributed by atoms with Crippen molar-refractivity contribution in [1.29, 1.82) is 0 Å². The topological polar surface area (TPSA) is 79.6 Å². The van der Waals surface area contributed by atoms with Crippen LogP contribution in [0, 0.1) is 5.82 Å². The van der Waals surface area contributed by atoms with Gasteiger partial charge in [0.2, 0.25) is 5.91 Å². The summed E-state index contributed by atoms with van der Waals surface area (Å²) in [5.74, 6) is -0.554. The normalized spacial score (nSPS) is 14.3. The van der Waals surface area contributed by atoms with Gasteiger partial charge in [0, 0.05) is 45.8 Å². The maximum atomic E-state index is 14.0. The molecule has 2 heterocycles. The third-order valence-electron chi connectivity index (χ3n) is 6.07. The number of nitrogens with zero attached hydrogens (tertiary/aromatic N) is 4. The maximum absolute atomic E-state index is 14.0. The number of fused-ring (bicyclic) bond motifs is 1. The van der Waals surface area contributed by atoms with Crippen molar-refractivity contribution in [3.63, 3.8) is 0 Å². The molecule has 1 fully saturated rings. The van der Waals surface area contributed by atoms with Crippen molar-refractivity contribution >= 4 is 22.6 Å². The molecule has 0 unspecified atom stereocenters. The van der Waals surface area contributed by atoms with E-state index in [4.69, 9.17) is 0 Å². The van der Waals surface area contributed by atoms with Crippen LogP contribution in [0.4, 0.5) is 10.1 Å². The minimum absolute atomic E-state index is 0.214. The van der Waals surface area contributed by atoms with Gasteiger partial charge in [0.05, 0.1) is 16.7 Å². The molecular formula is C25H28FN5O3. The summed E-state index contributed by atoms with van der Waals surface area (Å²) in [7, 11) is 0. The molecule has 3 aromatic rings. The number of halogens is 1. The first-order valence-electron chi connectivity index (χ1n) is 11.3. The first-order valence-corrected chi connectivity index (χ1v) is 11.3. The second-order valence-electron chi connectivity index (χ2n) is 8.21. The fourth-order valence-corrected chi connectivity index (χ4v) is 4.31. The van der Waals surface area contributed by atoms with Crippen LogP contribution in [-0.4, -0.2) is 59.2 Å². The number of allylic oxidation sites excluding steroid dienone is 1. The number of rotatable bonds is 8. The minimum atomic E-state index is -0.736. The lowest BCUT2D eigenvalue weighted by Gasteiger charge is -2.36. The van der Waals surface area contributed by atoms with Crippen molar-refractivity contribution in [1.82, 2.24) is 19.4 Å². The summed E-state index contributed by atoms with van der Waals surface area (Å²) in [6.45, 7) is 7.62. The summed E-state index contributed by atoms with van der Waals surface area (Å²) in [6, 6.07) is 13.8. The molecule has 178 valence electrons. The molecule has 0 bridgehead atoms. The van der Waals surface area contributed by atoms with E-state index in [1.807, 2.05) is 11.0 Å². The summed E-state index contributed by atoms with van der Waals surface area (Å²) in [6.07, 6.45) is 1.56. The number of carbonyl (C=O) groups excluding carboxylic acids is 1. The Bertz CT molecular complexity index is 1310. The number of carbonyl (C=O) groups is 1. The fourth-order valence-electron chi connectivity index (χ4n) is 4.31. The van der Waals surface area contributed by atoms with Crippen molar-refractivity contribution in [2.24, 2.45) is 0 Å². The first-order chi connectivity index (χ1) is 16.5. The van der Waals surface area contributed by atoms with E-state index >= 15 is 0 Å². The maximum Gasteiger partial charge on any atom is 0.317 e. The third-order valence-corrected chi connectivity index (χ3v) is 6.07. The van der Waals surface area contributed by atoms with E-state index in [9.17, 15) is 18.8 Å². The Hall–Kier alpha value is -3.72. The number of nitrogens with one attached hydrogen (secondary N) is 1. The van der Waals surface area contributed by atoms with Gasteiger partial charge in [0.15, 0.2) is 0 Å². The molecular weight excluding hydrogens is 437 g/mol. The summed E-state index contributed by atoms with van der Waals surface area (Å²) < 4.78 is 16.6. The molecule has 1 N–H and O–H groups in total. The number of hydrogen-bond donors (Lipinski definition) is 1. The lowest BCUT2D eigenvalue weighted by Crippen LogP contribution is -2.49. The van der Waals surface area contributed by atoms with Gasteiger partial charge >= 0.3 is 11.1 Å². The van der Waals surface area contributed by atoms with Gasteiger partial charge in [-0.05, 0) is 24.3 Å².